The monoisotopic (exact) mass is 269 g/mol. The highest BCUT2D eigenvalue weighted by Crippen LogP contribution is 2.34. The highest BCUT2D eigenvalue weighted by Gasteiger charge is 2.34. The summed E-state index contributed by atoms with van der Waals surface area (Å²) in [6, 6.07) is 3.30. The highest BCUT2D eigenvalue weighted by atomic mass is 19.4. The number of halogens is 6. The largest absolute Gasteiger partial charge is 0.484 e. The number of nitrogens with zero attached hydrogens (tertiary/aromatic N) is 1. The molecule has 0 aliphatic heterocycles. The topological polar surface area (TPSA) is 33.0 Å². The zero-order chi connectivity index (χ0) is 14.0. The fourth-order valence-electron chi connectivity index (χ4n) is 1.11. The van der Waals surface area contributed by atoms with Crippen molar-refractivity contribution >= 4 is 0 Å². The maximum Gasteiger partial charge on any atom is 0.422 e. The fourth-order valence-corrected chi connectivity index (χ4v) is 1.11. The predicted octanol–water partition coefficient (Wildman–Crippen LogP) is 3.52. The third-order valence-corrected chi connectivity index (χ3v) is 1.82. The van der Waals surface area contributed by atoms with Crippen LogP contribution in [0.3, 0.4) is 0 Å². The van der Waals surface area contributed by atoms with E-state index in [-0.39, 0.29) is 0 Å². The molecule has 8 heteroatoms. The Hall–Kier alpha value is -1.91. The second-order valence-electron chi connectivity index (χ2n) is 3.22. The number of hydrogen-bond donors (Lipinski definition) is 0. The first-order chi connectivity index (χ1) is 8.13. The SMILES string of the molecule is N#Cc1ccc(OCC(F)(F)F)cc1C(F)(F)F. The van der Waals surface area contributed by atoms with Gasteiger partial charge in [-0.1, -0.05) is 0 Å². The van der Waals surface area contributed by atoms with E-state index in [1.807, 2.05) is 0 Å². The minimum absolute atomic E-state index is 0.365. The van der Waals surface area contributed by atoms with Crippen LogP contribution in [0.25, 0.3) is 0 Å². The van der Waals surface area contributed by atoms with Crippen molar-refractivity contribution in [1.82, 2.24) is 0 Å². The van der Waals surface area contributed by atoms with Gasteiger partial charge in [0.05, 0.1) is 17.2 Å². The van der Waals surface area contributed by atoms with Crippen LogP contribution in [0.2, 0.25) is 0 Å². The van der Waals surface area contributed by atoms with Gasteiger partial charge >= 0.3 is 12.4 Å². The van der Waals surface area contributed by atoms with Gasteiger partial charge in [0.25, 0.3) is 0 Å². The molecule has 0 aliphatic rings. The Labute approximate surface area is 97.4 Å². The Kier molecular flexibility index (Phi) is 3.74. The Morgan fingerprint density at radius 2 is 1.72 bits per heavy atom. The molecule has 18 heavy (non-hydrogen) atoms. The first-order valence-corrected chi connectivity index (χ1v) is 4.44. The number of alkyl halides is 6. The number of hydrogen-bond acceptors (Lipinski definition) is 2. The van der Waals surface area contributed by atoms with Crippen LogP contribution >= 0.6 is 0 Å². The molecule has 1 rings (SSSR count). The quantitative estimate of drug-likeness (QED) is 0.769. The van der Waals surface area contributed by atoms with Crippen LogP contribution in [-0.4, -0.2) is 12.8 Å². The highest BCUT2D eigenvalue weighted by molar-refractivity contribution is 5.44. The molecule has 0 aromatic heterocycles. The van der Waals surface area contributed by atoms with Gasteiger partial charge in [-0.05, 0) is 18.2 Å². The van der Waals surface area contributed by atoms with Gasteiger partial charge in [0.15, 0.2) is 6.61 Å². The van der Waals surface area contributed by atoms with E-state index in [4.69, 9.17) is 5.26 Å². The summed E-state index contributed by atoms with van der Waals surface area (Å²) in [5, 5.41) is 8.46. The Morgan fingerprint density at radius 1 is 1.11 bits per heavy atom. The zero-order valence-electron chi connectivity index (χ0n) is 8.56. The lowest BCUT2D eigenvalue weighted by molar-refractivity contribution is -0.153. The van der Waals surface area contributed by atoms with E-state index >= 15 is 0 Å². The molecule has 0 N–H and O–H groups in total. The molecule has 1 aromatic carbocycles. The summed E-state index contributed by atoms with van der Waals surface area (Å²) in [6.07, 6.45) is -9.48. The predicted molar refractivity (Wildman–Crippen MR) is 47.7 cm³/mol. The van der Waals surface area contributed by atoms with Gasteiger partial charge in [-0.25, -0.2) is 0 Å². The van der Waals surface area contributed by atoms with Crippen molar-refractivity contribution in [1.29, 1.82) is 5.26 Å². The van der Waals surface area contributed by atoms with Gasteiger partial charge in [-0.2, -0.15) is 31.6 Å². The van der Waals surface area contributed by atoms with Crippen LogP contribution in [0, 0.1) is 11.3 Å². The summed E-state index contributed by atoms with van der Waals surface area (Å²) >= 11 is 0. The first-order valence-electron chi connectivity index (χ1n) is 4.44. The van der Waals surface area contributed by atoms with Crippen LogP contribution < -0.4 is 4.74 Å². The first kappa shape index (κ1) is 14.2. The molecule has 2 nitrogen and oxygen atoms in total. The molecule has 0 unspecified atom stereocenters. The summed E-state index contributed by atoms with van der Waals surface area (Å²) in [7, 11) is 0. The molecule has 0 aliphatic carbocycles. The van der Waals surface area contributed by atoms with Crippen molar-refractivity contribution in [3.05, 3.63) is 29.3 Å². The van der Waals surface area contributed by atoms with Crippen LogP contribution in [-0.2, 0) is 6.18 Å². The van der Waals surface area contributed by atoms with Crippen molar-refractivity contribution in [3.63, 3.8) is 0 Å². The molecule has 0 bridgehead atoms. The van der Waals surface area contributed by atoms with Crippen LogP contribution in [0.5, 0.6) is 5.75 Å². The number of benzene rings is 1. The van der Waals surface area contributed by atoms with Crippen LogP contribution in [0.4, 0.5) is 26.3 Å². The van der Waals surface area contributed by atoms with Crippen molar-refractivity contribution in [3.8, 4) is 11.8 Å². The molecule has 0 fully saturated rings. The molecular weight excluding hydrogens is 264 g/mol. The number of rotatable bonds is 2. The molecule has 0 radical (unpaired) electrons. The zero-order valence-corrected chi connectivity index (χ0v) is 8.56. The average Bonchev–Trinajstić information content (AvgIpc) is 2.24. The van der Waals surface area contributed by atoms with E-state index in [0.717, 1.165) is 12.1 Å². The maximum absolute atomic E-state index is 12.5. The second kappa shape index (κ2) is 4.76. The van der Waals surface area contributed by atoms with Gasteiger partial charge in [-0.15, -0.1) is 0 Å². The van der Waals surface area contributed by atoms with Crippen molar-refractivity contribution < 1.29 is 31.1 Å². The maximum atomic E-state index is 12.5. The van der Waals surface area contributed by atoms with Gasteiger partial charge < -0.3 is 4.74 Å². The lowest BCUT2D eigenvalue weighted by Crippen LogP contribution is -2.19. The molecule has 0 heterocycles. The van der Waals surface area contributed by atoms with Gasteiger partial charge in [0.1, 0.15) is 5.75 Å². The minimum Gasteiger partial charge on any atom is -0.484 e. The second-order valence-corrected chi connectivity index (χ2v) is 3.22. The summed E-state index contributed by atoms with van der Waals surface area (Å²) in [6.45, 7) is -1.70. The normalized spacial score (nSPS) is 12.1. The average molecular weight is 269 g/mol. The van der Waals surface area contributed by atoms with E-state index in [0.29, 0.717) is 6.07 Å². The molecular formula is C10H5F6NO. The standard InChI is InChI=1S/C10H5F6NO/c11-9(12,13)5-18-7-2-1-6(4-17)8(3-7)10(14,15)16/h1-3H,5H2. The van der Waals surface area contributed by atoms with Gasteiger partial charge in [0.2, 0.25) is 0 Å². The van der Waals surface area contributed by atoms with Crippen LogP contribution in [0.1, 0.15) is 11.1 Å². The molecule has 98 valence electrons. The number of ether oxygens (including phenoxy) is 1. The third-order valence-electron chi connectivity index (χ3n) is 1.82. The Bertz CT molecular complexity index is 471. The minimum atomic E-state index is -4.83. The smallest absolute Gasteiger partial charge is 0.422 e. The number of nitriles is 1. The summed E-state index contributed by atoms with van der Waals surface area (Å²) in [5.74, 6) is -0.598. The van der Waals surface area contributed by atoms with E-state index in [9.17, 15) is 26.3 Å². The van der Waals surface area contributed by atoms with Gasteiger partial charge in [-0.3, -0.25) is 0 Å². The summed E-state index contributed by atoms with van der Waals surface area (Å²) < 4.78 is 77.0. The lowest BCUT2D eigenvalue weighted by atomic mass is 10.1. The van der Waals surface area contributed by atoms with E-state index in [2.05, 4.69) is 4.74 Å². The molecule has 0 spiro atoms. The lowest BCUT2D eigenvalue weighted by Gasteiger charge is -2.12. The Balaban J connectivity index is 3.02. The summed E-state index contributed by atoms with van der Waals surface area (Å²) in [4.78, 5) is 0. The summed E-state index contributed by atoms with van der Waals surface area (Å²) in [5.41, 5.74) is -2.01. The van der Waals surface area contributed by atoms with E-state index < -0.39 is 35.8 Å². The molecule has 0 saturated heterocycles. The van der Waals surface area contributed by atoms with E-state index in [1.54, 1.807) is 0 Å². The Morgan fingerprint density at radius 3 is 2.17 bits per heavy atom. The molecule has 1 aromatic rings. The van der Waals surface area contributed by atoms with E-state index in [1.165, 1.54) is 6.07 Å². The van der Waals surface area contributed by atoms with Crippen molar-refractivity contribution in [2.24, 2.45) is 0 Å². The third kappa shape index (κ3) is 3.84. The fraction of sp³-hybridized carbons (Fsp3) is 0.300. The molecule has 0 amide bonds. The molecule has 0 atom stereocenters. The van der Waals surface area contributed by atoms with Gasteiger partial charge in [0, 0.05) is 0 Å². The molecule has 0 saturated carbocycles. The van der Waals surface area contributed by atoms with Crippen LogP contribution in [0.15, 0.2) is 18.2 Å². The van der Waals surface area contributed by atoms with Crippen molar-refractivity contribution in [2.75, 3.05) is 6.61 Å². The van der Waals surface area contributed by atoms with Crippen molar-refractivity contribution in [2.45, 2.75) is 12.4 Å².